The molecule has 2 amide bonds. The van der Waals surface area contributed by atoms with Crippen LogP contribution in [0.4, 0.5) is 0 Å². The molecule has 0 aliphatic heterocycles. The molecule has 0 spiro atoms. The lowest BCUT2D eigenvalue weighted by Gasteiger charge is -2.09. The monoisotopic (exact) mass is 203 g/mol. The summed E-state index contributed by atoms with van der Waals surface area (Å²) in [4.78, 5) is 22.0. The van der Waals surface area contributed by atoms with Gasteiger partial charge in [-0.25, -0.2) is 0 Å². The molecule has 0 saturated heterocycles. The van der Waals surface area contributed by atoms with Crippen molar-refractivity contribution in [2.24, 2.45) is 11.5 Å². The molecular weight excluding hydrogens is 194 g/mol. The topological polar surface area (TPSA) is 110 Å². The minimum Gasteiger partial charge on any atom is -0.369 e. The molecule has 1 rings (SSSR count). The summed E-state index contributed by atoms with van der Waals surface area (Å²) in [5, 5.41) is 8.64. The molecule has 0 atom stereocenters. The Hall–Kier alpha value is -2.35. The molecule has 15 heavy (non-hydrogen) atoms. The van der Waals surface area contributed by atoms with E-state index in [-0.39, 0.29) is 0 Å². The Balaban J connectivity index is 3.18. The van der Waals surface area contributed by atoms with Crippen molar-refractivity contribution < 1.29 is 9.59 Å². The smallest absolute Gasteiger partial charge is 0.234 e. The van der Waals surface area contributed by atoms with Crippen LogP contribution in [0, 0.1) is 11.3 Å². The van der Waals surface area contributed by atoms with Crippen molar-refractivity contribution >= 4 is 11.8 Å². The Kier molecular flexibility index (Phi) is 3.03. The molecule has 0 aliphatic rings. The van der Waals surface area contributed by atoms with Crippen molar-refractivity contribution in [1.29, 1.82) is 5.26 Å². The highest BCUT2D eigenvalue weighted by molar-refractivity contribution is 6.04. The molecule has 5 nitrogen and oxygen atoms in total. The van der Waals surface area contributed by atoms with Crippen molar-refractivity contribution in [3.8, 4) is 6.07 Å². The number of carbonyl (C=O) groups is 2. The Labute approximate surface area is 86.3 Å². The number of amides is 2. The molecule has 0 radical (unpaired) electrons. The summed E-state index contributed by atoms with van der Waals surface area (Å²) in [6.07, 6.45) is 0. The van der Waals surface area contributed by atoms with Crippen molar-refractivity contribution in [2.45, 2.75) is 5.92 Å². The van der Waals surface area contributed by atoms with Gasteiger partial charge in [-0.3, -0.25) is 9.59 Å². The number of rotatable bonds is 3. The van der Waals surface area contributed by atoms with Crippen LogP contribution in [0.5, 0.6) is 0 Å². The average Bonchev–Trinajstić information content (AvgIpc) is 2.17. The van der Waals surface area contributed by atoms with Crippen LogP contribution < -0.4 is 11.5 Å². The van der Waals surface area contributed by atoms with E-state index < -0.39 is 17.7 Å². The summed E-state index contributed by atoms with van der Waals surface area (Å²) in [5.41, 5.74) is 10.8. The van der Waals surface area contributed by atoms with Gasteiger partial charge in [0.15, 0.2) is 0 Å². The van der Waals surface area contributed by atoms with Gasteiger partial charge in [-0.1, -0.05) is 12.1 Å². The highest BCUT2D eigenvalue weighted by Gasteiger charge is 2.23. The van der Waals surface area contributed by atoms with Gasteiger partial charge in [0, 0.05) is 0 Å². The quantitative estimate of drug-likeness (QED) is 0.652. The zero-order valence-corrected chi connectivity index (χ0v) is 7.81. The number of nitrogens with two attached hydrogens (primary N) is 2. The lowest BCUT2D eigenvalue weighted by atomic mass is 9.96. The zero-order chi connectivity index (χ0) is 11.4. The van der Waals surface area contributed by atoms with Crippen LogP contribution in [0.25, 0.3) is 0 Å². The normalized spacial score (nSPS) is 9.60. The van der Waals surface area contributed by atoms with Crippen LogP contribution in [0.2, 0.25) is 0 Å². The first-order valence-corrected chi connectivity index (χ1v) is 4.15. The second-order valence-electron chi connectivity index (χ2n) is 2.98. The highest BCUT2D eigenvalue weighted by Crippen LogP contribution is 2.16. The molecule has 0 aliphatic carbocycles. The third kappa shape index (κ3) is 2.31. The van der Waals surface area contributed by atoms with E-state index in [0.29, 0.717) is 11.1 Å². The number of nitrogens with zero attached hydrogens (tertiary/aromatic N) is 1. The molecule has 0 fully saturated rings. The zero-order valence-electron chi connectivity index (χ0n) is 7.81. The number of primary amides is 2. The first-order chi connectivity index (χ1) is 7.06. The second kappa shape index (κ2) is 4.24. The Morgan fingerprint density at radius 1 is 1.27 bits per heavy atom. The third-order valence-electron chi connectivity index (χ3n) is 1.92. The molecule has 0 unspecified atom stereocenters. The van der Waals surface area contributed by atoms with Crippen LogP contribution >= 0.6 is 0 Å². The minimum absolute atomic E-state index is 0.342. The molecule has 76 valence electrons. The van der Waals surface area contributed by atoms with Crippen molar-refractivity contribution in [3.63, 3.8) is 0 Å². The first kappa shape index (κ1) is 10.7. The number of hydrogen-bond acceptors (Lipinski definition) is 3. The predicted octanol–water partition coefficient (Wildman–Crippen LogP) is -0.388. The van der Waals surface area contributed by atoms with E-state index in [1.807, 2.05) is 6.07 Å². The summed E-state index contributed by atoms with van der Waals surface area (Å²) >= 11 is 0. The maximum Gasteiger partial charge on any atom is 0.234 e. The summed E-state index contributed by atoms with van der Waals surface area (Å²) in [6, 6.07) is 7.96. The molecule has 4 N–H and O–H groups in total. The van der Waals surface area contributed by atoms with Crippen LogP contribution in [-0.4, -0.2) is 11.8 Å². The molecular formula is C10H9N3O2. The number of nitriles is 1. The molecule has 0 aromatic heterocycles. The van der Waals surface area contributed by atoms with E-state index in [4.69, 9.17) is 16.7 Å². The van der Waals surface area contributed by atoms with Crippen LogP contribution in [0.3, 0.4) is 0 Å². The number of carbonyl (C=O) groups excluding carboxylic acids is 2. The molecule has 0 heterocycles. The molecule has 1 aromatic carbocycles. The van der Waals surface area contributed by atoms with Gasteiger partial charge in [0.25, 0.3) is 0 Å². The molecule has 0 saturated carbocycles. The molecule has 5 heteroatoms. The fourth-order valence-corrected chi connectivity index (χ4v) is 1.26. The van der Waals surface area contributed by atoms with Gasteiger partial charge in [-0.15, -0.1) is 0 Å². The molecule has 0 bridgehead atoms. The standard InChI is InChI=1S/C10H9N3O2/c11-5-6-2-1-3-7(4-6)8(9(12)14)10(13)15/h1-4,8H,(H2,12,14)(H2,13,15). The number of hydrogen-bond donors (Lipinski definition) is 2. The predicted molar refractivity (Wildman–Crippen MR) is 52.3 cm³/mol. The van der Waals surface area contributed by atoms with E-state index >= 15 is 0 Å². The fourth-order valence-electron chi connectivity index (χ4n) is 1.26. The maximum atomic E-state index is 11.0. The molecule has 1 aromatic rings. The van der Waals surface area contributed by atoms with E-state index in [2.05, 4.69) is 0 Å². The SMILES string of the molecule is N#Cc1cccc(C(C(N)=O)C(N)=O)c1. The van der Waals surface area contributed by atoms with Crippen molar-refractivity contribution in [2.75, 3.05) is 0 Å². The van der Waals surface area contributed by atoms with Gasteiger partial charge >= 0.3 is 0 Å². The third-order valence-corrected chi connectivity index (χ3v) is 1.92. The second-order valence-corrected chi connectivity index (χ2v) is 2.98. The van der Waals surface area contributed by atoms with Gasteiger partial charge in [0.1, 0.15) is 5.92 Å². The highest BCUT2D eigenvalue weighted by atomic mass is 16.2. The van der Waals surface area contributed by atoms with E-state index in [9.17, 15) is 9.59 Å². The largest absolute Gasteiger partial charge is 0.369 e. The Morgan fingerprint density at radius 3 is 2.33 bits per heavy atom. The first-order valence-electron chi connectivity index (χ1n) is 4.15. The van der Waals surface area contributed by atoms with E-state index in [1.54, 1.807) is 12.1 Å². The Bertz CT molecular complexity index is 434. The summed E-state index contributed by atoms with van der Waals surface area (Å²) in [6.45, 7) is 0. The lowest BCUT2D eigenvalue weighted by Crippen LogP contribution is -2.33. The summed E-state index contributed by atoms with van der Waals surface area (Å²) in [5.74, 6) is -2.83. The summed E-state index contributed by atoms with van der Waals surface area (Å²) < 4.78 is 0. The Morgan fingerprint density at radius 2 is 1.87 bits per heavy atom. The number of benzene rings is 1. The maximum absolute atomic E-state index is 11.0. The van der Waals surface area contributed by atoms with Gasteiger partial charge < -0.3 is 11.5 Å². The van der Waals surface area contributed by atoms with E-state index in [1.165, 1.54) is 12.1 Å². The van der Waals surface area contributed by atoms with Gasteiger partial charge in [0.2, 0.25) is 11.8 Å². The van der Waals surface area contributed by atoms with Crippen LogP contribution in [-0.2, 0) is 9.59 Å². The van der Waals surface area contributed by atoms with Crippen LogP contribution in [0.1, 0.15) is 17.0 Å². The average molecular weight is 203 g/mol. The lowest BCUT2D eigenvalue weighted by molar-refractivity contribution is -0.128. The van der Waals surface area contributed by atoms with Crippen molar-refractivity contribution in [3.05, 3.63) is 35.4 Å². The van der Waals surface area contributed by atoms with Gasteiger partial charge in [-0.05, 0) is 17.7 Å². The van der Waals surface area contributed by atoms with Crippen molar-refractivity contribution in [1.82, 2.24) is 0 Å². The fraction of sp³-hybridized carbons (Fsp3) is 0.100. The van der Waals surface area contributed by atoms with E-state index in [0.717, 1.165) is 0 Å². The minimum atomic E-state index is -1.18. The van der Waals surface area contributed by atoms with Crippen LogP contribution in [0.15, 0.2) is 24.3 Å². The van der Waals surface area contributed by atoms with Gasteiger partial charge in [0.05, 0.1) is 11.6 Å². The van der Waals surface area contributed by atoms with Gasteiger partial charge in [-0.2, -0.15) is 5.26 Å². The summed E-state index contributed by atoms with van der Waals surface area (Å²) in [7, 11) is 0.